The lowest BCUT2D eigenvalue weighted by molar-refractivity contribution is 0.579. The molecule has 0 spiro atoms. The van der Waals surface area contributed by atoms with Gasteiger partial charge >= 0.3 is 0 Å². The van der Waals surface area contributed by atoms with Crippen molar-refractivity contribution in [3.05, 3.63) is 29.8 Å². The number of benzene rings is 1. The molecule has 0 saturated heterocycles. The Morgan fingerprint density at radius 2 is 2.05 bits per heavy atom. The van der Waals surface area contributed by atoms with Gasteiger partial charge in [-0.2, -0.15) is 0 Å². The second kappa shape index (κ2) is 6.37. The molecule has 0 aliphatic heterocycles. The number of halogens is 1. The van der Waals surface area contributed by atoms with Gasteiger partial charge in [-0.05, 0) is 43.2 Å². The van der Waals surface area contributed by atoms with E-state index in [1.54, 1.807) is 12.1 Å². The fourth-order valence-corrected chi connectivity index (χ4v) is 4.34. The van der Waals surface area contributed by atoms with Gasteiger partial charge in [0.1, 0.15) is 0 Å². The summed E-state index contributed by atoms with van der Waals surface area (Å²) in [7, 11) is -3.37. The number of sulfonamides is 1. The molecule has 3 nitrogen and oxygen atoms in total. The first-order valence-corrected chi connectivity index (χ1v) is 9.16. The maximum absolute atomic E-state index is 12.3. The average Bonchev–Trinajstić information content (AvgIpc) is 3.21. The highest BCUT2D eigenvalue weighted by Crippen LogP contribution is 2.38. The molecule has 5 heteroatoms. The molecule has 19 heavy (non-hydrogen) atoms. The zero-order valence-electron chi connectivity index (χ0n) is 11.1. The minimum absolute atomic E-state index is 0.384. The normalized spacial score (nSPS) is 17.4. The van der Waals surface area contributed by atoms with Gasteiger partial charge < -0.3 is 0 Å². The molecule has 1 aliphatic rings. The summed E-state index contributed by atoms with van der Waals surface area (Å²) in [6.07, 6.45) is 4.07. The van der Waals surface area contributed by atoms with Gasteiger partial charge in [0.05, 0.1) is 4.90 Å². The highest BCUT2D eigenvalue weighted by Gasteiger charge is 2.30. The summed E-state index contributed by atoms with van der Waals surface area (Å²) in [5, 5.41) is 0. The van der Waals surface area contributed by atoms with Gasteiger partial charge in [-0.3, -0.25) is 0 Å². The van der Waals surface area contributed by atoms with E-state index in [1.165, 1.54) is 12.8 Å². The standard InChI is InChI=1S/C14H20BrNO2S/c1-2-9-16-19(17,18)14-6-4-3-5-12(14)10-13(15)11-7-8-11/h3-6,11,13,16H,2,7-10H2,1H3. The van der Waals surface area contributed by atoms with Crippen LogP contribution in [0.1, 0.15) is 31.7 Å². The first kappa shape index (κ1) is 15.0. The second-order valence-electron chi connectivity index (χ2n) is 5.06. The van der Waals surface area contributed by atoms with Crippen molar-refractivity contribution in [2.45, 2.75) is 42.3 Å². The van der Waals surface area contributed by atoms with Crippen molar-refractivity contribution >= 4 is 26.0 Å². The van der Waals surface area contributed by atoms with Crippen molar-refractivity contribution in [1.82, 2.24) is 4.72 Å². The van der Waals surface area contributed by atoms with E-state index in [1.807, 2.05) is 19.1 Å². The van der Waals surface area contributed by atoms with Crippen LogP contribution < -0.4 is 4.72 Å². The molecule has 0 amide bonds. The Morgan fingerprint density at radius 1 is 1.37 bits per heavy atom. The Kier molecular flexibility index (Phi) is 5.03. The first-order valence-electron chi connectivity index (χ1n) is 6.76. The molecule has 106 valence electrons. The van der Waals surface area contributed by atoms with E-state index in [0.717, 1.165) is 18.4 Å². The molecule has 1 fully saturated rings. The van der Waals surface area contributed by atoms with Crippen LogP contribution in [0.3, 0.4) is 0 Å². The van der Waals surface area contributed by atoms with Crippen molar-refractivity contribution in [2.75, 3.05) is 6.54 Å². The number of rotatable bonds is 7. The van der Waals surface area contributed by atoms with Crippen LogP contribution in [0.2, 0.25) is 0 Å². The molecule has 1 aromatic rings. The maximum Gasteiger partial charge on any atom is 0.240 e. The van der Waals surface area contributed by atoms with Gasteiger partial charge in [0.2, 0.25) is 10.0 Å². The van der Waals surface area contributed by atoms with Crippen LogP contribution in [-0.4, -0.2) is 19.8 Å². The van der Waals surface area contributed by atoms with Crippen molar-refractivity contribution in [3.63, 3.8) is 0 Å². The highest BCUT2D eigenvalue weighted by molar-refractivity contribution is 9.09. The van der Waals surface area contributed by atoms with Crippen molar-refractivity contribution in [3.8, 4) is 0 Å². The fourth-order valence-electron chi connectivity index (χ4n) is 2.08. The third-order valence-electron chi connectivity index (χ3n) is 3.35. The van der Waals surface area contributed by atoms with Crippen molar-refractivity contribution in [2.24, 2.45) is 5.92 Å². The SMILES string of the molecule is CCCNS(=O)(=O)c1ccccc1CC(Br)C1CC1. The summed E-state index contributed by atoms with van der Waals surface area (Å²) >= 11 is 3.68. The van der Waals surface area contributed by atoms with Gasteiger partial charge in [-0.15, -0.1) is 0 Å². The van der Waals surface area contributed by atoms with Crippen LogP contribution in [0.15, 0.2) is 29.2 Å². The number of hydrogen-bond acceptors (Lipinski definition) is 2. The molecule has 0 bridgehead atoms. The summed E-state index contributed by atoms with van der Waals surface area (Å²) in [4.78, 5) is 0.809. The number of hydrogen-bond donors (Lipinski definition) is 1. The summed E-state index contributed by atoms with van der Waals surface area (Å²) < 4.78 is 27.1. The lowest BCUT2D eigenvalue weighted by Crippen LogP contribution is -2.26. The minimum atomic E-state index is -3.37. The van der Waals surface area contributed by atoms with Crippen LogP contribution >= 0.6 is 15.9 Å². The van der Waals surface area contributed by atoms with Crippen LogP contribution in [-0.2, 0) is 16.4 Å². The predicted molar refractivity (Wildman–Crippen MR) is 81.1 cm³/mol. The summed E-state index contributed by atoms with van der Waals surface area (Å²) in [5.74, 6) is 0.708. The van der Waals surface area contributed by atoms with E-state index in [2.05, 4.69) is 20.7 Å². The van der Waals surface area contributed by atoms with E-state index < -0.39 is 10.0 Å². The van der Waals surface area contributed by atoms with Gasteiger partial charge in [0.15, 0.2) is 0 Å². The van der Waals surface area contributed by atoms with Crippen molar-refractivity contribution < 1.29 is 8.42 Å². The van der Waals surface area contributed by atoms with E-state index in [9.17, 15) is 8.42 Å². The van der Waals surface area contributed by atoms with E-state index in [-0.39, 0.29) is 0 Å². The molecular formula is C14H20BrNO2S. The topological polar surface area (TPSA) is 46.2 Å². The van der Waals surface area contributed by atoms with E-state index in [4.69, 9.17) is 0 Å². The lowest BCUT2D eigenvalue weighted by atomic mass is 10.1. The molecule has 2 rings (SSSR count). The van der Waals surface area contributed by atoms with Gasteiger partial charge in [0, 0.05) is 11.4 Å². The van der Waals surface area contributed by atoms with Crippen LogP contribution in [0.25, 0.3) is 0 Å². The largest absolute Gasteiger partial charge is 0.240 e. The zero-order valence-corrected chi connectivity index (χ0v) is 13.5. The Bertz CT molecular complexity index is 526. The number of nitrogens with one attached hydrogen (secondary N) is 1. The van der Waals surface area contributed by atoms with Crippen LogP contribution in [0.4, 0.5) is 0 Å². The lowest BCUT2D eigenvalue weighted by Gasteiger charge is -2.13. The smallest absolute Gasteiger partial charge is 0.211 e. The fraction of sp³-hybridized carbons (Fsp3) is 0.571. The summed E-state index contributed by atoms with van der Waals surface area (Å²) in [5.41, 5.74) is 0.903. The molecule has 1 atom stereocenters. The highest BCUT2D eigenvalue weighted by atomic mass is 79.9. The predicted octanol–water partition coefficient (Wildman–Crippen LogP) is 3.09. The molecule has 1 unspecified atom stereocenters. The second-order valence-corrected chi connectivity index (χ2v) is 7.97. The van der Waals surface area contributed by atoms with Crippen molar-refractivity contribution in [1.29, 1.82) is 0 Å². The molecule has 1 N–H and O–H groups in total. The summed E-state index contributed by atoms with van der Waals surface area (Å²) in [6.45, 7) is 2.44. The van der Waals surface area contributed by atoms with E-state index in [0.29, 0.717) is 22.2 Å². The Balaban J connectivity index is 2.19. The Hall–Kier alpha value is -0.390. The Labute approximate surface area is 124 Å². The molecule has 0 radical (unpaired) electrons. The van der Waals surface area contributed by atoms with E-state index >= 15 is 0 Å². The monoisotopic (exact) mass is 345 g/mol. The molecule has 1 saturated carbocycles. The molecule has 1 aliphatic carbocycles. The van der Waals surface area contributed by atoms with Gasteiger partial charge in [0.25, 0.3) is 0 Å². The zero-order chi connectivity index (χ0) is 13.9. The third-order valence-corrected chi connectivity index (χ3v) is 5.99. The van der Waals surface area contributed by atoms with Crippen LogP contribution in [0.5, 0.6) is 0 Å². The molecule has 1 aromatic carbocycles. The summed E-state index contributed by atoms with van der Waals surface area (Å²) in [6, 6.07) is 7.29. The molecule has 0 heterocycles. The molecule has 0 aromatic heterocycles. The average molecular weight is 346 g/mol. The first-order chi connectivity index (χ1) is 9.04. The maximum atomic E-state index is 12.3. The van der Waals surface area contributed by atoms with Crippen LogP contribution in [0, 0.1) is 5.92 Å². The van der Waals surface area contributed by atoms with Gasteiger partial charge in [-0.25, -0.2) is 13.1 Å². The van der Waals surface area contributed by atoms with Gasteiger partial charge in [-0.1, -0.05) is 41.1 Å². The third kappa shape index (κ3) is 4.04. The Morgan fingerprint density at radius 3 is 2.68 bits per heavy atom. The molecular weight excluding hydrogens is 326 g/mol. The minimum Gasteiger partial charge on any atom is -0.211 e. The quantitative estimate of drug-likeness (QED) is 0.771. The number of alkyl halides is 1.